The maximum absolute atomic E-state index is 6.55. The van der Waals surface area contributed by atoms with Crippen molar-refractivity contribution in [3.8, 4) is 28.7 Å². The van der Waals surface area contributed by atoms with E-state index in [-0.39, 0.29) is 0 Å². The van der Waals surface area contributed by atoms with Gasteiger partial charge in [-0.15, -0.1) is 0 Å². The highest BCUT2D eigenvalue weighted by Crippen LogP contribution is 2.41. The largest absolute Gasteiger partial charge is 0.460 e. The second-order valence-corrected chi connectivity index (χ2v) is 9.79. The number of nitrogens with zero attached hydrogens (tertiary/aromatic N) is 5. The van der Waals surface area contributed by atoms with Crippen LogP contribution in [0.4, 0.5) is 0 Å². The van der Waals surface area contributed by atoms with Crippen molar-refractivity contribution in [3.63, 3.8) is 0 Å². The van der Waals surface area contributed by atoms with Crippen LogP contribution < -0.4 is 0 Å². The summed E-state index contributed by atoms with van der Waals surface area (Å²) in [6.45, 7) is 0. The van der Waals surface area contributed by atoms with E-state index < -0.39 is 0 Å². The van der Waals surface area contributed by atoms with E-state index >= 15 is 0 Å². The summed E-state index contributed by atoms with van der Waals surface area (Å²) in [7, 11) is 0. The molecule has 0 atom stereocenters. The van der Waals surface area contributed by atoms with E-state index in [2.05, 4.69) is 21.7 Å². The van der Waals surface area contributed by atoms with Crippen LogP contribution in [0.2, 0.25) is 0 Å². The zero-order valence-corrected chi connectivity index (χ0v) is 20.6. The van der Waals surface area contributed by atoms with E-state index in [1.165, 1.54) is 23.8 Å². The number of furan rings is 1. The molecule has 0 unspecified atom stereocenters. The molecule has 0 spiro atoms. The average Bonchev–Trinajstić information content (AvgIpc) is 3.53. The highest BCUT2D eigenvalue weighted by Gasteiger charge is 2.24. The summed E-state index contributed by atoms with van der Waals surface area (Å²) in [5.74, 6) is 2.96. The van der Waals surface area contributed by atoms with Crippen molar-refractivity contribution in [2.75, 3.05) is 0 Å². The van der Waals surface area contributed by atoms with Crippen molar-refractivity contribution < 1.29 is 4.42 Å². The highest BCUT2D eigenvalue weighted by atomic mass is 16.3. The van der Waals surface area contributed by atoms with E-state index in [4.69, 9.17) is 19.4 Å². The topological polar surface area (TPSA) is 69.6 Å². The summed E-state index contributed by atoms with van der Waals surface area (Å²) in [4.78, 5) is 19.4. The highest BCUT2D eigenvalue weighted by molar-refractivity contribution is 6.19. The molecule has 0 saturated carbocycles. The van der Waals surface area contributed by atoms with E-state index in [0.717, 1.165) is 57.1 Å². The van der Waals surface area contributed by atoms with Crippen molar-refractivity contribution in [2.24, 2.45) is 0 Å². The molecule has 0 N–H and O–H groups in total. The number of hydrogen-bond donors (Lipinski definition) is 0. The molecule has 7 aromatic rings. The molecule has 3 aromatic carbocycles. The third-order valence-corrected chi connectivity index (χ3v) is 7.54. The van der Waals surface area contributed by atoms with Crippen LogP contribution in [0.5, 0.6) is 0 Å². The first kappa shape index (κ1) is 21.3. The number of rotatable bonds is 3. The van der Waals surface area contributed by atoms with Gasteiger partial charge in [-0.05, 0) is 37.5 Å². The first-order valence-electron chi connectivity index (χ1n) is 13.0. The standard InChI is InChI=1S/C32H23N5O/c1-3-9-20(10-4-1)30-34-31(21-11-5-2-6-12-21)36-32(35-30)37-25-17-18-33-19-24(25)28-26(37)16-15-23-22-13-7-8-14-27(22)38-29(23)28/h1-6,9-12,15-19H,7-8,13-14H2. The SMILES string of the molecule is c1ccc(-c2nc(-c3ccccc3)nc(-n3c4ccncc4c4c5oc6c(c5ccc43)CCCC6)n2)cc1. The lowest BCUT2D eigenvalue weighted by atomic mass is 9.95. The molecule has 6 nitrogen and oxygen atoms in total. The van der Waals surface area contributed by atoms with Gasteiger partial charge in [-0.3, -0.25) is 9.55 Å². The van der Waals surface area contributed by atoms with Crippen LogP contribution in [0, 0.1) is 0 Å². The van der Waals surface area contributed by atoms with Crippen LogP contribution in [0.25, 0.3) is 61.5 Å². The molecule has 6 heteroatoms. The van der Waals surface area contributed by atoms with Gasteiger partial charge in [0.1, 0.15) is 11.3 Å². The Morgan fingerprint density at radius 2 is 1.37 bits per heavy atom. The Labute approximate surface area is 218 Å². The van der Waals surface area contributed by atoms with Crippen molar-refractivity contribution >= 4 is 32.8 Å². The molecule has 0 fully saturated rings. The van der Waals surface area contributed by atoms with Gasteiger partial charge in [-0.25, -0.2) is 4.98 Å². The number of aromatic nitrogens is 5. The third kappa shape index (κ3) is 3.20. The predicted molar refractivity (Wildman–Crippen MR) is 149 cm³/mol. The normalized spacial score (nSPS) is 13.4. The van der Waals surface area contributed by atoms with Crippen molar-refractivity contribution in [1.29, 1.82) is 0 Å². The number of pyridine rings is 1. The monoisotopic (exact) mass is 493 g/mol. The predicted octanol–water partition coefficient (Wildman–Crippen LogP) is 7.32. The zero-order valence-electron chi connectivity index (χ0n) is 20.6. The van der Waals surface area contributed by atoms with Gasteiger partial charge in [-0.2, -0.15) is 9.97 Å². The van der Waals surface area contributed by atoms with E-state index in [9.17, 15) is 0 Å². The summed E-state index contributed by atoms with van der Waals surface area (Å²) in [6, 6.07) is 26.5. The van der Waals surface area contributed by atoms with Gasteiger partial charge in [0.05, 0.1) is 16.4 Å². The minimum Gasteiger partial charge on any atom is -0.460 e. The fourth-order valence-corrected chi connectivity index (χ4v) is 5.78. The van der Waals surface area contributed by atoms with E-state index in [0.29, 0.717) is 17.6 Å². The Bertz CT molecular complexity index is 1910. The molecule has 4 heterocycles. The number of aryl methyl sites for hydroxylation is 2. The first-order valence-corrected chi connectivity index (χ1v) is 13.0. The molecule has 182 valence electrons. The number of benzene rings is 3. The lowest BCUT2D eigenvalue weighted by Crippen LogP contribution is -2.06. The van der Waals surface area contributed by atoms with Crippen LogP contribution in [0.1, 0.15) is 24.2 Å². The fraction of sp³-hybridized carbons (Fsp3) is 0.125. The van der Waals surface area contributed by atoms with Crippen LogP contribution in [0.15, 0.2) is 95.7 Å². The van der Waals surface area contributed by atoms with Gasteiger partial charge in [0, 0.05) is 46.3 Å². The minimum absolute atomic E-state index is 0.569. The van der Waals surface area contributed by atoms with E-state index in [1.807, 2.05) is 79.1 Å². The molecule has 8 rings (SSSR count). The maximum atomic E-state index is 6.55. The van der Waals surface area contributed by atoms with Gasteiger partial charge in [0.2, 0.25) is 5.95 Å². The Kier molecular flexibility index (Phi) is 4.67. The Morgan fingerprint density at radius 1 is 0.658 bits per heavy atom. The Balaban J connectivity index is 1.46. The summed E-state index contributed by atoms with van der Waals surface area (Å²) in [6.07, 6.45) is 8.19. The van der Waals surface area contributed by atoms with Crippen molar-refractivity contribution in [1.82, 2.24) is 24.5 Å². The molecular weight excluding hydrogens is 470 g/mol. The second-order valence-electron chi connectivity index (χ2n) is 9.79. The number of fused-ring (bicyclic) bond motifs is 7. The third-order valence-electron chi connectivity index (χ3n) is 7.54. The van der Waals surface area contributed by atoms with Gasteiger partial charge in [0.15, 0.2) is 11.6 Å². The molecule has 0 aliphatic heterocycles. The van der Waals surface area contributed by atoms with Crippen LogP contribution in [0.3, 0.4) is 0 Å². The van der Waals surface area contributed by atoms with Crippen LogP contribution in [-0.4, -0.2) is 24.5 Å². The summed E-state index contributed by atoms with van der Waals surface area (Å²) >= 11 is 0. The quantitative estimate of drug-likeness (QED) is 0.258. The summed E-state index contributed by atoms with van der Waals surface area (Å²) < 4.78 is 8.67. The maximum Gasteiger partial charge on any atom is 0.238 e. The molecule has 0 saturated heterocycles. The molecule has 4 aromatic heterocycles. The molecule has 0 bridgehead atoms. The van der Waals surface area contributed by atoms with Gasteiger partial charge >= 0.3 is 0 Å². The minimum atomic E-state index is 0.569. The van der Waals surface area contributed by atoms with Crippen molar-refractivity contribution in [3.05, 3.63) is 103 Å². The molecule has 0 radical (unpaired) electrons. The molecule has 1 aliphatic carbocycles. The van der Waals surface area contributed by atoms with Crippen LogP contribution >= 0.6 is 0 Å². The van der Waals surface area contributed by atoms with Gasteiger partial charge in [0.25, 0.3) is 0 Å². The first-order chi connectivity index (χ1) is 18.8. The number of hydrogen-bond acceptors (Lipinski definition) is 5. The van der Waals surface area contributed by atoms with E-state index in [1.54, 1.807) is 0 Å². The van der Waals surface area contributed by atoms with Gasteiger partial charge < -0.3 is 4.42 Å². The smallest absolute Gasteiger partial charge is 0.238 e. The molecule has 1 aliphatic rings. The fourth-order valence-electron chi connectivity index (χ4n) is 5.78. The lowest BCUT2D eigenvalue weighted by molar-refractivity contribution is 0.508. The molecule has 0 amide bonds. The second kappa shape index (κ2) is 8.35. The lowest BCUT2D eigenvalue weighted by Gasteiger charge is -2.10. The zero-order chi connectivity index (χ0) is 25.1. The summed E-state index contributed by atoms with van der Waals surface area (Å²) in [5.41, 5.74) is 6.16. The molecule has 38 heavy (non-hydrogen) atoms. The molecular formula is C32H23N5O. The average molecular weight is 494 g/mol. The van der Waals surface area contributed by atoms with Gasteiger partial charge in [-0.1, -0.05) is 60.7 Å². The van der Waals surface area contributed by atoms with Crippen molar-refractivity contribution in [2.45, 2.75) is 25.7 Å². The Morgan fingerprint density at radius 3 is 2.11 bits per heavy atom. The Hall–Kier alpha value is -4.84. The summed E-state index contributed by atoms with van der Waals surface area (Å²) in [5, 5.41) is 3.30. The van der Waals surface area contributed by atoms with Crippen LogP contribution in [-0.2, 0) is 12.8 Å².